The van der Waals surface area contributed by atoms with Gasteiger partial charge in [-0.2, -0.15) is 0 Å². The van der Waals surface area contributed by atoms with E-state index in [4.69, 9.17) is 0 Å². The summed E-state index contributed by atoms with van der Waals surface area (Å²) in [6.07, 6.45) is 3.50. The zero-order valence-electron chi connectivity index (χ0n) is 6.24. The Labute approximate surface area is 60.6 Å². The van der Waals surface area contributed by atoms with E-state index < -0.39 is 0 Å². The van der Waals surface area contributed by atoms with Crippen LogP contribution in [0.3, 0.4) is 0 Å². The van der Waals surface area contributed by atoms with Crippen LogP contribution in [0.15, 0.2) is 23.2 Å². The Morgan fingerprint density at radius 2 is 2.40 bits per heavy atom. The summed E-state index contributed by atoms with van der Waals surface area (Å²) in [6.45, 7) is 4.15. The highest BCUT2D eigenvalue weighted by Gasteiger charge is 2.06. The van der Waals surface area contributed by atoms with Gasteiger partial charge in [-0.05, 0) is 18.6 Å². The molecular weight excluding hydrogens is 129 g/mol. The molecule has 55 valence electrons. The minimum absolute atomic E-state index is 0.0944. The van der Waals surface area contributed by atoms with Crippen molar-refractivity contribution in [1.82, 2.24) is 5.32 Å². The maximum absolute atomic E-state index is 12.5. The first-order valence-corrected chi connectivity index (χ1v) is 3.34. The second-order valence-corrected chi connectivity index (χ2v) is 2.33. The van der Waals surface area contributed by atoms with Crippen molar-refractivity contribution in [3.63, 3.8) is 0 Å². The fourth-order valence-electron chi connectivity index (χ4n) is 1.01. The predicted octanol–water partition coefficient (Wildman–Crippen LogP) is 1.94. The van der Waals surface area contributed by atoms with Crippen molar-refractivity contribution in [2.75, 3.05) is 6.54 Å². The molecular formula is C8H11FN. The van der Waals surface area contributed by atoms with Crippen LogP contribution in [0.2, 0.25) is 0 Å². The van der Waals surface area contributed by atoms with Crippen LogP contribution in [-0.2, 0) is 0 Å². The van der Waals surface area contributed by atoms with Gasteiger partial charge >= 0.3 is 0 Å². The van der Waals surface area contributed by atoms with Crippen LogP contribution in [0.5, 0.6) is 0 Å². The summed E-state index contributed by atoms with van der Waals surface area (Å²) in [5.74, 6) is -0.0944. The van der Waals surface area contributed by atoms with Gasteiger partial charge in [-0.3, -0.25) is 0 Å². The lowest BCUT2D eigenvalue weighted by Crippen LogP contribution is -2.19. The van der Waals surface area contributed by atoms with Crippen molar-refractivity contribution < 1.29 is 4.39 Å². The average molecular weight is 140 g/mol. The highest BCUT2D eigenvalue weighted by atomic mass is 19.1. The molecule has 0 spiro atoms. The SMILES string of the molecule is C[CH]C1=C(C)C=C(F)CN1. The monoisotopic (exact) mass is 140 g/mol. The maximum atomic E-state index is 12.5. The molecule has 1 aliphatic rings. The average Bonchev–Trinajstić information content (AvgIpc) is 1.88. The number of nitrogens with one attached hydrogen (secondary N) is 1. The van der Waals surface area contributed by atoms with Crippen LogP contribution >= 0.6 is 0 Å². The van der Waals surface area contributed by atoms with E-state index in [1.807, 2.05) is 20.3 Å². The molecule has 0 aliphatic carbocycles. The Hall–Kier alpha value is -0.790. The topological polar surface area (TPSA) is 12.0 Å². The Kier molecular flexibility index (Phi) is 2.10. The van der Waals surface area contributed by atoms with Crippen molar-refractivity contribution >= 4 is 0 Å². The molecule has 0 saturated carbocycles. The number of hydrogen-bond donors (Lipinski definition) is 1. The van der Waals surface area contributed by atoms with Gasteiger partial charge in [-0.25, -0.2) is 4.39 Å². The van der Waals surface area contributed by atoms with Crippen molar-refractivity contribution in [3.8, 4) is 0 Å². The minimum Gasteiger partial charge on any atom is -0.381 e. The second kappa shape index (κ2) is 2.86. The number of rotatable bonds is 1. The standard InChI is InChI=1S/C8H11FN/c1-3-8-6(2)4-7(9)5-10-8/h3-4,10H,5H2,1-2H3. The summed E-state index contributed by atoms with van der Waals surface area (Å²) in [7, 11) is 0. The predicted molar refractivity (Wildman–Crippen MR) is 39.9 cm³/mol. The molecule has 0 aromatic heterocycles. The van der Waals surface area contributed by atoms with E-state index in [2.05, 4.69) is 5.32 Å². The lowest BCUT2D eigenvalue weighted by Gasteiger charge is -2.14. The number of dihydropyridines is 1. The van der Waals surface area contributed by atoms with Gasteiger partial charge in [0.15, 0.2) is 0 Å². The van der Waals surface area contributed by atoms with E-state index in [0.29, 0.717) is 6.54 Å². The smallest absolute Gasteiger partial charge is 0.119 e. The van der Waals surface area contributed by atoms with E-state index in [-0.39, 0.29) is 5.83 Å². The highest BCUT2D eigenvalue weighted by molar-refractivity contribution is 5.32. The Morgan fingerprint density at radius 3 is 2.90 bits per heavy atom. The molecule has 2 heteroatoms. The minimum atomic E-state index is -0.0944. The molecule has 0 aromatic rings. The largest absolute Gasteiger partial charge is 0.381 e. The summed E-state index contributed by atoms with van der Waals surface area (Å²) in [5.41, 5.74) is 1.99. The van der Waals surface area contributed by atoms with Crippen LogP contribution in [0.1, 0.15) is 13.8 Å². The molecule has 0 saturated heterocycles. The van der Waals surface area contributed by atoms with E-state index in [0.717, 1.165) is 11.3 Å². The molecule has 1 radical (unpaired) electrons. The van der Waals surface area contributed by atoms with Crippen molar-refractivity contribution in [2.45, 2.75) is 13.8 Å². The fourth-order valence-corrected chi connectivity index (χ4v) is 1.01. The lowest BCUT2D eigenvalue weighted by atomic mass is 10.1. The first-order chi connectivity index (χ1) is 4.74. The first-order valence-electron chi connectivity index (χ1n) is 3.34. The van der Waals surface area contributed by atoms with Crippen molar-refractivity contribution in [1.29, 1.82) is 0 Å². The molecule has 1 heterocycles. The quantitative estimate of drug-likeness (QED) is 0.587. The number of allylic oxidation sites excluding steroid dienone is 3. The van der Waals surface area contributed by atoms with E-state index in [1.165, 1.54) is 0 Å². The third-order valence-electron chi connectivity index (χ3n) is 1.53. The summed E-state index contributed by atoms with van der Waals surface area (Å²) in [6, 6.07) is 0. The zero-order valence-corrected chi connectivity index (χ0v) is 6.24. The third kappa shape index (κ3) is 1.38. The van der Waals surface area contributed by atoms with Gasteiger partial charge in [0.25, 0.3) is 0 Å². The van der Waals surface area contributed by atoms with E-state index in [1.54, 1.807) is 6.08 Å². The van der Waals surface area contributed by atoms with Gasteiger partial charge in [0.2, 0.25) is 0 Å². The molecule has 0 unspecified atom stereocenters. The molecule has 1 aliphatic heterocycles. The van der Waals surface area contributed by atoms with Crippen LogP contribution < -0.4 is 5.32 Å². The van der Waals surface area contributed by atoms with Crippen molar-refractivity contribution in [2.24, 2.45) is 0 Å². The Morgan fingerprint density at radius 1 is 1.70 bits per heavy atom. The molecule has 0 amide bonds. The zero-order chi connectivity index (χ0) is 7.56. The molecule has 1 nitrogen and oxygen atoms in total. The van der Waals surface area contributed by atoms with Crippen LogP contribution in [-0.4, -0.2) is 6.54 Å². The van der Waals surface area contributed by atoms with E-state index in [9.17, 15) is 4.39 Å². The molecule has 0 fully saturated rings. The van der Waals surface area contributed by atoms with Gasteiger partial charge in [0.05, 0.1) is 6.54 Å². The third-order valence-corrected chi connectivity index (χ3v) is 1.53. The second-order valence-electron chi connectivity index (χ2n) is 2.33. The molecule has 0 aromatic carbocycles. The molecule has 10 heavy (non-hydrogen) atoms. The van der Waals surface area contributed by atoms with E-state index >= 15 is 0 Å². The molecule has 1 rings (SSSR count). The summed E-state index contributed by atoms with van der Waals surface area (Å²) in [5, 5.41) is 2.95. The fraction of sp³-hybridized carbons (Fsp3) is 0.375. The number of halogens is 1. The van der Waals surface area contributed by atoms with Gasteiger partial charge < -0.3 is 5.32 Å². The number of hydrogen-bond acceptors (Lipinski definition) is 1. The summed E-state index contributed by atoms with van der Waals surface area (Å²) < 4.78 is 12.5. The van der Waals surface area contributed by atoms with Gasteiger partial charge in [0, 0.05) is 12.1 Å². The molecule has 0 atom stereocenters. The van der Waals surface area contributed by atoms with Crippen LogP contribution in [0.25, 0.3) is 0 Å². The van der Waals surface area contributed by atoms with Gasteiger partial charge in [-0.15, -0.1) is 0 Å². The van der Waals surface area contributed by atoms with Crippen LogP contribution in [0, 0.1) is 6.42 Å². The first kappa shape index (κ1) is 7.32. The van der Waals surface area contributed by atoms with Crippen molar-refractivity contribution in [3.05, 3.63) is 29.6 Å². The Balaban J connectivity index is 2.80. The van der Waals surface area contributed by atoms with Gasteiger partial charge in [-0.1, -0.05) is 6.92 Å². The molecule has 1 N–H and O–H groups in total. The summed E-state index contributed by atoms with van der Waals surface area (Å²) in [4.78, 5) is 0. The van der Waals surface area contributed by atoms with Gasteiger partial charge in [0.1, 0.15) is 5.83 Å². The normalized spacial score (nSPS) is 18.5. The van der Waals surface area contributed by atoms with Crippen LogP contribution in [0.4, 0.5) is 4.39 Å². The highest BCUT2D eigenvalue weighted by Crippen LogP contribution is 2.13. The summed E-state index contributed by atoms with van der Waals surface area (Å²) >= 11 is 0. The maximum Gasteiger partial charge on any atom is 0.119 e. The Bertz CT molecular complexity index is 191. The molecule has 0 bridgehead atoms. The lowest BCUT2D eigenvalue weighted by molar-refractivity contribution is 0.583.